The Bertz CT molecular complexity index is 1310. The first-order chi connectivity index (χ1) is 17.0. The lowest BCUT2D eigenvalue weighted by Gasteiger charge is -2.10. The van der Waals surface area contributed by atoms with E-state index in [1.165, 1.54) is 11.8 Å². The minimum Gasteiger partial charge on any atom is -0.324 e. The van der Waals surface area contributed by atoms with E-state index in [0.717, 1.165) is 22.1 Å². The molecular formula is C25H23N7O2S. The second-order valence-electron chi connectivity index (χ2n) is 7.61. The normalized spacial score (nSPS) is 10.5. The molecule has 0 saturated carbocycles. The number of anilines is 2. The molecule has 10 heteroatoms. The summed E-state index contributed by atoms with van der Waals surface area (Å²) in [5.41, 5.74) is 9.23. The molecule has 9 nitrogen and oxygen atoms in total. The van der Waals surface area contributed by atoms with Crippen LogP contribution in [0.3, 0.4) is 0 Å². The Morgan fingerprint density at radius 1 is 0.800 bits per heavy atom. The fraction of sp³-hybridized carbons (Fsp3) is 0.120. The van der Waals surface area contributed by atoms with Gasteiger partial charge in [-0.15, -0.1) is 0 Å². The third kappa shape index (κ3) is 6.84. The molecule has 2 aromatic carbocycles. The van der Waals surface area contributed by atoms with Crippen LogP contribution in [0, 0.1) is 13.8 Å². The third-order valence-corrected chi connectivity index (χ3v) is 5.70. The van der Waals surface area contributed by atoms with Crippen molar-refractivity contribution in [3.8, 4) is 0 Å². The van der Waals surface area contributed by atoms with Crippen LogP contribution in [0.5, 0.6) is 0 Å². The standard InChI is InChI=1S/C25H23N7O2S/c1-16-13-17(2)29-25(28-16)35-15-18-7-9-19(10-8-18)22(33)31-32-23(34)20-5-3-6-21(14-20)30-24-26-11-4-12-27-24/h3-14H,15H2,1-2H3,(H,31,33)(H,32,34)(H,26,27,30). The van der Waals surface area contributed by atoms with E-state index in [2.05, 4.69) is 36.1 Å². The predicted octanol–water partition coefficient (Wildman–Crippen LogP) is 3.99. The maximum absolute atomic E-state index is 12.5. The van der Waals surface area contributed by atoms with Crippen molar-refractivity contribution in [2.45, 2.75) is 24.8 Å². The molecule has 4 aromatic rings. The van der Waals surface area contributed by atoms with E-state index in [9.17, 15) is 9.59 Å². The lowest BCUT2D eigenvalue weighted by Crippen LogP contribution is -2.41. The van der Waals surface area contributed by atoms with Crippen LogP contribution < -0.4 is 16.2 Å². The van der Waals surface area contributed by atoms with E-state index >= 15 is 0 Å². The molecule has 0 saturated heterocycles. The van der Waals surface area contributed by atoms with E-state index in [1.807, 2.05) is 32.0 Å². The molecule has 0 radical (unpaired) electrons. The summed E-state index contributed by atoms with van der Waals surface area (Å²) in [7, 11) is 0. The van der Waals surface area contributed by atoms with Gasteiger partial charge >= 0.3 is 0 Å². The van der Waals surface area contributed by atoms with Gasteiger partial charge < -0.3 is 5.32 Å². The van der Waals surface area contributed by atoms with Crippen LogP contribution in [0.4, 0.5) is 11.6 Å². The van der Waals surface area contributed by atoms with Gasteiger partial charge in [-0.25, -0.2) is 19.9 Å². The van der Waals surface area contributed by atoms with Crippen LogP contribution in [0.25, 0.3) is 0 Å². The van der Waals surface area contributed by atoms with Crippen molar-refractivity contribution in [2.75, 3.05) is 5.32 Å². The average Bonchev–Trinajstić information content (AvgIpc) is 2.86. The highest BCUT2D eigenvalue weighted by Gasteiger charge is 2.11. The minimum absolute atomic E-state index is 0.368. The molecule has 0 aliphatic carbocycles. The summed E-state index contributed by atoms with van der Waals surface area (Å²) >= 11 is 1.54. The van der Waals surface area contributed by atoms with E-state index in [-0.39, 0.29) is 0 Å². The molecule has 0 aliphatic heterocycles. The van der Waals surface area contributed by atoms with Crippen molar-refractivity contribution in [3.63, 3.8) is 0 Å². The number of aromatic nitrogens is 4. The first-order valence-electron chi connectivity index (χ1n) is 10.7. The molecule has 0 fully saturated rings. The number of benzene rings is 2. The fourth-order valence-corrected chi connectivity index (χ4v) is 4.05. The number of carbonyl (C=O) groups excluding carboxylic acids is 2. The zero-order valence-corrected chi connectivity index (χ0v) is 20.0. The van der Waals surface area contributed by atoms with Crippen LogP contribution in [0.15, 0.2) is 78.2 Å². The molecule has 0 bridgehead atoms. The number of aryl methyl sites for hydroxylation is 2. The van der Waals surface area contributed by atoms with Crippen molar-refractivity contribution in [1.29, 1.82) is 0 Å². The summed E-state index contributed by atoms with van der Waals surface area (Å²) in [4.78, 5) is 42.0. The molecule has 4 rings (SSSR count). The van der Waals surface area contributed by atoms with E-state index in [4.69, 9.17) is 0 Å². The molecule has 2 heterocycles. The van der Waals surface area contributed by atoms with Crippen molar-refractivity contribution in [1.82, 2.24) is 30.8 Å². The second-order valence-corrected chi connectivity index (χ2v) is 8.55. The molecular weight excluding hydrogens is 462 g/mol. The van der Waals surface area contributed by atoms with E-state index in [1.54, 1.807) is 54.9 Å². The summed E-state index contributed by atoms with van der Waals surface area (Å²) < 4.78 is 0. The monoisotopic (exact) mass is 485 g/mol. The number of rotatable bonds is 7. The Morgan fingerprint density at radius 3 is 2.14 bits per heavy atom. The van der Waals surface area contributed by atoms with Gasteiger partial charge in [0.1, 0.15) is 0 Å². The Hall–Kier alpha value is -4.31. The Morgan fingerprint density at radius 2 is 1.46 bits per heavy atom. The van der Waals surface area contributed by atoms with E-state index < -0.39 is 11.8 Å². The number of hydrogen-bond acceptors (Lipinski definition) is 8. The van der Waals surface area contributed by atoms with E-state index in [0.29, 0.717) is 28.5 Å². The van der Waals surface area contributed by atoms with Crippen molar-refractivity contribution < 1.29 is 9.59 Å². The molecule has 0 atom stereocenters. The summed E-state index contributed by atoms with van der Waals surface area (Å²) in [6, 6.07) is 17.6. The van der Waals surface area contributed by atoms with Gasteiger partial charge in [0.2, 0.25) is 5.95 Å². The average molecular weight is 486 g/mol. The zero-order valence-electron chi connectivity index (χ0n) is 19.1. The second kappa shape index (κ2) is 11.2. The number of hydrogen-bond donors (Lipinski definition) is 3. The summed E-state index contributed by atoms with van der Waals surface area (Å²) in [5, 5.41) is 3.75. The van der Waals surface area contributed by atoms with Gasteiger partial charge in [-0.2, -0.15) is 0 Å². The van der Waals surface area contributed by atoms with Gasteiger partial charge in [0.25, 0.3) is 11.8 Å². The molecule has 2 amide bonds. The number of hydrazine groups is 1. The highest BCUT2D eigenvalue weighted by atomic mass is 32.2. The van der Waals surface area contributed by atoms with Crippen LogP contribution in [0.2, 0.25) is 0 Å². The van der Waals surface area contributed by atoms with Gasteiger partial charge in [0, 0.05) is 46.3 Å². The fourth-order valence-electron chi connectivity index (χ4n) is 3.15. The molecule has 0 aliphatic rings. The zero-order chi connectivity index (χ0) is 24.6. The highest BCUT2D eigenvalue weighted by Crippen LogP contribution is 2.20. The molecule has 2 aromatic heterocycles. The first-order valence-corrected chi connectivity index (χ1v) is 11.7. The van der Waals surface area contributed by atoms with Gasteiger partial charge in [0.15, 0.2) is 5.16 Å². The van der Waals surface area contributed by atoms with Crippen LogP contribution in [0.1, 0.15) is 37.7 Å². The maximum Gasteiger partial charge on any atom is 0.269 e. The van der Waals surface area contributed by atoms with Crippen LogP contribution in [-0.4, -0.2) is 31.8 Å². The number of amides is 2. The van der Waals surface area contributed by atoms with Gasteiger partial charge in [-0.1, -0.05) is 30.0 Å². The van der Waals surface area contributed by atoms with Gasteiger partial charge in [0.05, 0.1) is 0 Å². The minimum atomic E-state index is -0.447. The largest absolute Gasteiger partial charge is 0.324 e. The quantitative estimate of drug-likeness (QED) is 0.204. The lowest BCUT2D eigenvalue weighted by atomic mass is 10.1. The SMILES string of the molecule is Cc1cc(C)nc(SCc2ccc(C(=O)NNC(=O)c3cccc(Nc4ncccn4)c3)cc2)n1. The van der Waals surface area contributed by atoms with Crippen molar-refractivity contribution in [2.24, 2.45) is 0 Å². The molecule has 0 spiro atoms. The molecule has 176 valence electrons. The highest BCUT2D eigenvalue weighted by molar-refractivity contribution is 7.98. The van der Waals surface area contributed by atoms with Gasteiger partial charge in [-0.05, 0) is 61.9 Å². The molecule has 35 heavy (non-hydrogen) atoms. The molecule has 0 unspecified atom stereocenters. The van der Waals surface area contributed by atoms with Crippen LogP contribution >= 0.6 is 11.8 Å². The summed E-state index contributed by atoms with van der Waals surface area (Å²) in [5.74, 6) is 0.237. The smallest absolute Gasteiger partial charge is 0.269 e. The predicted molar refractivity (Wildman–Crippen MR) is 134 cm³/mol. The Balaban J connectivity index is 1.29. The lowest BCUT2D eigenvalue weighted by molar-refractivity contribution is 0.0846. The number of nitrogens with one attached hydrogen (secondary N) is 3. The Labute approximate surface area is 206 Å². The number of nitrogens with zero attached hydrogens (tertiary/aromatic N) is 4. The Kier molecular flexibility index (Phi) is 7.63. The maximum atomic E-state index is 12.5. The van der Waals surface area contributed by atoms with Crippen molar-refractivity contribution >= 4 is 35.2 Å². The third-order valence-electron chi connectivity index (χ3n) is 4.78. The number of thioether (sulfide) groups is 1. The topological polar surface area (TPSA) is 122 Å². The van der Waals surface area contributed by atoms with Crippen LogP contribution in [-0.2, 0) is 5.75 Å². The number of carbonyl (C=O) groups is 2. The summed E-state index contributed by atoms with van der Waals surface area (Å²) in [6.45, 7) is 3.89. The molecule has 3 N–H and O–H groups in total. The summed E-state index contributed by atoms with van der Waals surface area (Å²) in [6.07, 6.45) is 3.23. The van der Waals surface area contributed by atoms with Crippen molar-refractivity contribution in [3.05, 3.63) is 101 Å². The van der Waals surface area contributed by atoms with Gasteiger partial charge in [-0.3, -0.25) is 20.4 Å². The first kappa shape index (κ1) is 23.8.